The molecule has 0 atom stereocenters. The third-order valence-electron chi connectivity index (χ3n) is 5.09. The van der Waals surface area contributed by atoms with Gasteiger partial charge < -0.3 is 9.84 Å². The molecular formula is C26H24N4O4S. The molecule has 4 rings (SSSR count). The monoisotopic (exact) mass is 488 g/mol. The van der Waals surface area contributed by atoms with Crippen LogP contribution < -0.4 is 15.7 Å². The van der Waals surface area contributed by atoms with Gasteiger partial charge in [0, 0.05) is 5.56 Å². The number of aromatic hydroxyl groups is 1. The molecule has 0 spiro atoms. The molecule has 178 valence electrons. The number of nitrogens with zero attached hydrogens (tertiary/aromatic N) is 3. The summed E-state index contributed by atoms with van der Waals surface area (Å²) in [5.41, 5.74) is 4.95. The molecular weight excluding hydrogens is 464 g/mol. The molecule has 9 heteroatoms. The standard InChI is InChI=1S/C26H24N4O4S/c1-3-34-22-10-6-7-18(24(22)32)15-27-29-23(31)16-35-26-28-21-9-5-4-8-20(21)25(33)30(26)19-13-11-17(2)12-14-19/h4-15,32H,3,16H2,1-2H3,(H,29,31)/b27-15+. The van der Waals surface area contributed by atoms with Gasteiger partial charge in [-0.1, -0.05) is 47.7 Å². The highest BCUT2D eigenvalue weighted by atomic mass is 32.2. The number of hydrazone groups is 1. The molecule has 1 aromatic heterocycles. The summed E-state index contributed by atoms with van der Waals surface area (Å²) in [6.45, 7) is 4.21. The van der Waals surface area contributed by atoms with Gasteiger partial charge in [-0.15, -0.1) is 0 Å². The van der Waals surface area contributed by atoms with Gasteiger partial charge in [-0.3, -0.25) is 14.2 Å². The van der Waals surface area contributed by atoms with E-state index in [1.807, 2.05) is 44.2 Å². The van der Waals surface area contributed by atoms with Crippen LogP contribution in [0.15, 0.2) is 81.8 Å². The highest BCUT2D eigenvalue weighted by molar-refractivity contribution is 7.99. The Labute approximate surface area is 206 Å². The third-order valence-corrected chi connectivity index (χ3v) is 6.03. The van der Waals surface area contributed by atoms with Crippen LogP contribution >= 0.6 is 11.8 Å². The Morgan fingerprint density at radius 2 is 1.91 bits per heavy atom. The number of phenolic OH excluding ortho intramolecular Hbond substituents is 1. The number of para-hydroxylation sites is 2. The average molecular weight is 489 g/mol. The summed E-state index contributed by atoms with van der Waals surface area (Å²) < 4.78 is 6.86. The molecule has 2 N–H and O–H groups in total. The summed E-state index contributed by atoms with van der Waals surface area (Å²) in [4.78, 5) is 30.4. The summed E-state index contributed by atoms with van der Waals surface area (Å²) in [5, 5.41) is 15.1. The Balaban J connectivity index is 1.53. The number of carbonyl (C=O) groups excluding carboxylic acids is 1. The minimum atomic E-state index is -0.385. The number of fused-ring (bicyclic) bond motifs is 1. The molecule has 0 radical (unpaired) electrons. The molecule has 0 bridgehead atoms. The summed E-state index contributed by atoms with van der Waals surface area (Å²) >= 11 is 1.14. The van der Waals surface area contributed by atoms with E-state index in [4.69, 9.17) is 4.74 Å². The summed E-state index contributed by atoms with van der Waals surface area (Å²) in [6.07, 6.45) is 1.34. The molecule has 0 aliphatic carbocycles. The molecule has 1 heterocycles. The van der Waals surface area contributed by atoms with E-state index in [2.05, 4.69) is 15.5 Å². The van der Waals surface area contributed by atoms with Crippen LogP contribution in [0.3, 0.4) is 0 Å². The van der Waals surface area contributed by atoms with Crippen molar-refractivity contribution in [3.63, 3.8) is 0 Å². The molecule has 0 aliphatic rings. The van der Waals surface area contributed by atoms with E-state index in [1.54, 1.807) is 36.4 Å². The number of aryl methyl sites for hydroxylation is 1. The Bertz CT molecular complexity index is 1450. The summed E-state index contributed by atoms with van der Waals surface area (Å²) in [6, 6.07) is 19.7. The fourth-order valence-corrected chi connectivity index (χ4v) is 4.19. The van der Waals surface area contributed by atoms with E-state index in [-0.39, 0.29) is 23.0 Å². The lowest BCUT2D eigenvalue weighted by atomic mass is 10.2. The number of ether oxygens (including phenoxy) is 1. The van der Waals surface area contributed by atoms with Gasteiger partial charge in [0.1, 0.15) is 0 Å². The summed E-state index contributed by atoms with van der Waals surface area (Å²) in [5.74, 6) is -0.109. The number of phenols is 1. The van der Waals surface area contributed by atoms with Gasteiger partial charge in [-0.2, -0.15) is 5.10 Å². The maximum atomic E-state index is 13.3. The average Bonchev–Trinajstić information content (AvgIpc) is 2.86. The maximum absolute atomic E-state index is 13.3. The van der Waals surface area contributed by atoms with Crippen molar-refractivity contribution in [1.29, 1.82) is 0 Å². The van der Waals surface area contributed by atoms with Gasteiger partial charge in [0.2, 0.25) is 0 Å². The predicted octanol–water partition coefficient (Wildman–Crippen LogP) is 4.04. The van der Waals surface area contributed by atoms with Crippen molar-refractivity contribution in [3.8, 4) is 17.2 Å². The van der Waals surface area contributed by atoms with E-state index in [1.165, 1.54) is 10.8 Å². The van der Waals surface area contributed by atoms with Gasteiger partial charge in [0.25, 0.3) is 11.5 Å². The van der Waals surface area contributed by atoms with Crippen molar-refractivity contribution >= 4 is 34.8 Å². The normalized spacial score (nSPS) is 11.1. The number of hydrogen-bond acceptors (Lipinski definition) is 7. The van der Waals surface area contributed by atoms with E-state index in [9.17, 15) is 14.7 Å². The van der Waals surface area contributed by atoms with E-state index in [0.717, 1.165) is 17.3 Å². The lowest BCUT2D eigenvalue weighted by molar-refractivity contribution is -0.118. The minimum Gasteiger partial charge on any atom is -0.504 e. The lowest BCUT2D eigenvalue weighted by Gasteiger charge is -2.13. The van der Waals surface area contributed by atoms with Crippen LogP contribution in [-0.4, -0.2) is 39.1 Å². The van der Waals surface area contributed by atoms with Gasteiger partial charge in [0.15, 0.2) is 16.7 Å². The molecule has 0 unspecified atom stereocenters. The van der Waals surface area contributed by atoms with Crippen molar-refractivity contribution in [1.82, 2.24) is 15.0 Å². The molecule has 1 amide bonds. The lowest BCUT2D eigenvalue weighted by Crippen LogP contribution is -2.24. The molecule has 0 aliphatic heterocycles. The van der Waals surface area contributed by atoms with Gasteiger partial charge in [-0.25, -0.2) is 10.4 Å². The second-order valence-electron chi connectivity index (χ2n) is 7.60. The number of aromatic nitrogens is 2. The zero-order chi connectivity index (χ0) is 24.8. The van der Waals surface area contributed by atoms with Crippen molar-refractivity contribution in [2.45, 2.75) is 19.0 Å². The quantitative estimate of drug-likeness (QED) is 0.168. The zero-order valence-corrected chi connectivity index (χ0v) is 20.1. The first-order chi connectivity index (χ1) is 17.0. The highest BCUT2D eigenvalue weighted by Crippen LogP contribution is 2.28. The number of hydrogen-bond donors (Lipinski definition) is 2. The molecule has 4 aromatic rings. The smallest absolute Gasteiger partial charge is 0.266 e. The SMILES string of the molecule is CCOc1cccc(/C=N/NC(=O)CSc2nc3ccccc3c(=O)n2-c2ccc(C)cc2)c1O. The second-order valence-corrected chi connectivity index (χ2v) is 8.54. The number of benzene rings is 3. The summed E-state index contributed by atoms with van der Waals surface area (Å²) in [7, 11) is 0. The molecule has 3 aromatic carbocycles. The number of amides is 1. The third kappa shape index (κ3) is 5.52. The van der Waals surface area contributed by atoms with Crippen molar-refractivity contribution in [3.05, 3.63) is 88.2 Å². The van der Waals surface area contributed by atoms with Crippen LogP contribution in [0.1, 0.15) is 18.1 Å². The first-order valence-corrected chi connectivity index (χ1v) is 11.9. The minimum absolute atomic E-state index is 0.0149. The Kier molecular flexibility index (Phi) is 7.47. The van der Waals surface area contributed by atoms with Crippen molar-refractivity contribution in [2.24, 2.45) is 5.10 Å². The van der Waals surface area contributed by atoms with Gasteiger partial charge in [-0.05, 0) is 50.2 Å². The van der Waals surface area contributed by atoms with Crippen molar-refractivity contribution < 1.29 is 14.6 Å². The first kappa shape index (κ1) is 24.0. The Morgan fingerprint density at radius 3 is 2.69 bits per heavy atom. The maximum Gasteiger partial charge on any atom is 0.266 e. The van der Waals surface area contributed by atoms with E-state index < -0.39 is 0 Å². The van der Waals surface area contributed by atoms with Crippen LogP contribution in [0.5, 0.6) is 11.5 Å². The number of nitrogens with one attached hydrogen (secondary N) is 1. The fourth-order valence-electron chi connectivity index (χ4n) is 3.38. The fraction of sp³-hybridized carbons (Fsp3) is 0.154. The number of carbonyl (C=O) groups is 1. The van der Waals surface area contributed by atoms with Crippen LogP contribution in [0.25, 0.3) is 16.6 Å². The van der Waals surface area contributed by atoms with Crippen LogP contribution in [0.2, 0.25) is 0 Å². The van der Waals surface area contributed by atoms with Crippen molar-refractivity contribution in [2.75, 3.05) is 12.4 Å². The molecule has 0 saturated heterocycles. The molecule has 8 nitrogen and oxygen atoms in total. The number of rotatable bonds is 8. The second kappa shape index (κ2) is 10.9. The highest BCUT2D eigenvalue weighted by Gasteiger charge is 2.15. The Morgan fingerprint density at radius 1 is 1.14 bits per heavy atom. The Hall–Kier alpha value is -4.11. The topological polar surface area (TPSA) is 106 Å². The van der Waals surface area contributed by atoms with Gasteiger partial charge >= 0.3 is 0 Å². The first-order valence-electron chi connectivity index (χ1n) is 11.0. The van der Waals surface area contributed by atoms with Crippen LogP contribution in [0, 0.1) is 6.92 Å². The van der Waals surface area contributed by atoms with Crippen LogP contribution in [-0.2, 0) is 4.79 Å². The van der Waals surface area contributed by atoms with E-state index in [0.29, 0.717) is 39.7 Å². The molecule has 0 fully saturated rings. The molecule has 0 saturated carbocycles. The zero-order valence-electron chi connectivity index (χ0n) is 19.3. The molecule has 35 heavy (non-hydrogen) atoms. The number of thioether (sulfide) groups is 1. The van der Waals surface area contributed by atoms with Crippen LogP contribution in [0.4, 0.5) is 0 Å². The predicted molar refractivity (Wildman–Crippen MR) is 138 cm³/mol. The van der Waals surface area contributed by atoms with E-state index >= 15 is 0 Å². The largest absolute Gasteiger partial charge is 0.504 e. The van der Waals surface area contributed by atoms with Gasteiger partial charge in [0.05, 0.1) is 35.2 Å².